The highest BCUT2D eigenvalue weighted by Gasteiger charge is 2.40. The van der Waals surface area contributed by atoms with Crippen molar-refractivity contribution in [3.63, 3.8) is 0 Å². The first-order valence-electron chi connectivity index (χ1n) is 7.88. The Labute approximate surface area is 143 Å². The maximum Gasteiger partial charge on any atom is 0.271 e. The van der Waals surface area contributed by atoms with Gasteiger partial charge in [-0.05, 0) is 29.8 Å². The van der Waals surface area contributed by atoms with Gasteiger partial charge in [0.2, 0.25) is 0 Å². The zero-order valence-electron chi connectivity index (χ0n) is 14.0. The molecule has 0 atom stereocenters. The fraction of sp³-hybridized carbons (Fsp3) is 0.211. The van der Waals surface area contributed by atoms with Gasteiger partial charge in [0.15, 0.2) is 5.78 Å². The molecule has 6 heteroatoms. The molecule has 0 spiro atoms. The summed E-state index contributed by atoms with van der Waals surface area (Å²) < 4.78 is 5.30. The molecule has 0 bridgehead atoms. The van der Waals surface area contributed by atoms with Crippen molar-refractivity contribution >= 4 is 22.4 Å². The number of fused-ring (bicyclic) bond motifs is 4. The first-order valence-corrected chi connectivity index (χ1v) is 7.88. The fourth-order valence-electron chi connectivity index (χ4n) is 3.64. The SMILES string of the molecule is COc1ccc2c(c1)C(C)(C)c1[nH]c3cc([N+](=O)[O-])ccc3c1C2=O. The van der Waals surface area contributed by atoms with Gasteiger partial charge in [-0.15, -0.1) is 0 Å². The van der Waals surface area contributed by atoms with Crippen LogP contribution in [0.4, 0.5) is 5.69 Å². The van der Waals surface area contributed by atoms with Crippen molar-refractivity contribution in [1.29, 1.82) is 0 Å². The van der Waals surface area contributed by atoms with Crippen LogP contribution in [0.5, 0.6) is 5.75 Å². The average Bonchev–Trinajstić information content (AvgIpc) is 2.99. The molecule has 0 saturated carbocycles. The van der Waals surface area contributed by atoms with Crippen LogP contribution >= 0.6 is 0 Å². The summed E-state index contributed by atoms with van der Waals surface area (Å²) in [5.74, 6) is 0.613. The summed E-state index contributed by atoms with van der Waals surface area (Å²) in [7, 11) is 1.59. The van der Waals surface area contributed by atoms with Crippen LogP contribution in [-0.4, -0.2) is 22.8 Å². The van der Waals surface area contributed by atoms with E-state index in [0.29, 0.717) is 27.8 Å². The number of ether oxygens (including phenoxy) is 1. The molecular weight excluding hydrogens is 320 g/mol. The Bertz CT molecular complexity index is 1060. The largest absolute Gasteiger partial charge is 0.497 e. The molecule has 6 nitrogen and oxygen atoms in total. The van der Waals surface area contributed by atoms with Gasteiger partial charge in [-0.25, -0.2) is 0 Å². The first kappa shape index (κ1) is 15.4. The zero-order chi connectivity index (χ0) is 17.9. The minimum Gasteiger partial charge on any atom is -0.497 e. The zero-order valence-corrected chi connectivity index (χ0v) is 14.0. The van der Waals surface area contributed by atoms with Crippen molar-refractivity contribution in [3.8, 4) is 5.75 Å². The van der Waals surface area contributed by atoms with E-state index in [1.165, 1.54) is 12.1 Å². The van der Waals surface area contributed by atoms with E-state index >= 15 is 0 Å². The smallest absolute Gasteiger partial charge is 0.271 e. The third-order valence-corrected chi connectivity index (χ3v) is 4.99. The van der Waals surface area contributed by atoms with E-state index < -0.39 is 10.3 Å². The lowest BCUT2D eigenvalue weighted by atomic mass is 9.71. The lowest BCUT2D eigenvalue weighted by molar-refractivity contribution is -0.384. The number of ketones is 1. The van der Waals surface area contributed by atoms with Crippen LogP contribution in [0.3, 0.4) is 0 Å². The minimum absolute atomic E-state index is 0.00413. The number of nitrogens with zero attached hydrogens (tertiary/aromatic N) is 1. The molecule has 2 aromatic carbocycles. The molecule has 0 radical (unpaired) electrons. The van der Waals surface area contributed by atoms with Crippen molar-refractivity contribution in [2.24, 2.45) is 0 Å². The van der Waals surface area contributed by atoms with E-state index in [-0.39, 0.29) is 11.5 Å². The Balaban J connectivity index is 2.03. The van der Waals surface area contributed by atoms with Gasteiger partial charge in [0.05, 0.1) is 23.1 Å². The monoisotopic (exact) mass is 336 g/mol. The molecule has 126 valence electrons. The third kappa shape index (κ3) is 2.00. The maximum atomic E-state index is 13.1. The first-order chi connectivity index (χ1) is 11.8. The summed E-state index contributed by atoms with van der Waals surface area (Å²) in [4.78, 5) is 26.9. The average molecular weight is 336 g/mol. The van der Waals surface area contributed by atoms with E-state index in [4.69, 9.17) is 4.74 Å². The maximum absolute atomic E-state index is 13.1. The predicted molar refractivity (Wildman–Crippen MR) is 93.5 cm³/mol. The molecule has 0 unspecified atom stereocenters. The number of hydrogen-bond acceptors (Lipinski definition) is 4. The number of rotatable bonds is 2. The van der Waals surface area contributed by atoms with Gasteiger partial charge in [-0.1, -0.05) is 13.8 Å². The van der Waals surface area contributed by atoms with E-state index in [9.17, 15) is 14.9 Å². The molecule has 3 aromatic rings. The number of non-ortho nitro benzene ring substituents is 1. The van der Waals surface area contributed by atoms with Gasteiger partial charge in [-0.3, -0.25) is 14.9 Å². The molecule has 0 amide bonds. The number of aromatic nitrogens is 1. The Morgan fingerprint density at radius 2 is 1.92 bits per heavy atom. The van der Waals surface area contributed by atoms with Crippen molar-refractivity contribution in [2.75, 3.05) is 7.11 Å². The summed E-state index contributed by atoms with van der Waals surface area (Å²) in [6.45, 7) is 4.06. The van der Waals surface area contributed by atoms with Crippen LogP contribution in [-0.2, 0) is 5.41 Å². The Hall–Kier alpha value is -3.15. The molecular formula is C19H16N2O4. The molecule has 1 N–H and O–H groups in total. The molecule has 1 aliphatic rings. The number of carbonyl (C=O) groups is 1. The summed E-state index contributed by atoms with van der Waals surface area (Å²) in [5, 5.41) is 11.7. The van der Waals surface area contributed by atoms with Gasteiger partial charge in [0.1, 0.15) is 5.75 Å². The van der Waals surface area contributed by atoms with Crippen molar-refractivity contribution < 1.29 is 14.5 Å². The Morgan fingerprint density at radius 3 is 2.60 bits per heavy atom. The number of carbonyl (C=O) groups excluding carboxylic acids is 1. The van der Waals surface area contributed by atoms with Crippen molar-refractivity contribution in [2.45, 2.75) is 19.3 Å². The second-order valence-corrected chi connectivity index (χ2v) is 6.73. The van der Waals surface area contributed by atoms with Gasteiger partial charge in [0.25, 0.3) is 5.69 Å². The number of nitro benzene ring substituents is 1. The van der Waals surface area contributed by atoms with Crippen LogP contribution in [0.15, 0.2) is 36.4 Å². The van der Waals surface area contributed by atoms with Crippen LogP contribution in [0.25, 0.3) is 10.9 Å². The number of hydrogen-bond donors (Lipinski definition) is 1. The van der Waals surface area contributed by atoms with Crippen LogP contribution < -0.4 is 4.74 Å². The molecule has 0 saturated heterocycles. The molecule has 25 heavy (non-hydrogen) atoms. The van der Waals surface area contributed by atoms with Gasteiger partial charge in [0, 0.05) is 34.2 Å². The third-order valence-electron chi connectivity index (χ3n) is 4.99. The second kappa shape index (κ2) is 4.92. The number of aromatic amines is 1. The second-order valence-electron chi connectivity index (χ2n) is 6.73. The summed E-state index contributed by atoms with van der Waals surface area (Å²) >= 11 is 0. The van der Waals surface area contributed by atoms with E-state index in [2.05, 4.69) is 4.98 Å². The van der Waals surface area contributed by atoms with Crippen LogP contribution in [0.1, 0.15) is 41.0 Å². The van der Waals surface area contributed by atoms with Gasteiger partial charge >= 0.3 is 0 Å². The van der Waals surface area contributed by atoms with Crippen LogP contribution in [0, 0.1) is 10.1 Å². The normalized spacial score (nSPS) is 14.9. The lowest BCUT2D eigenvalue weighted by Gasteiger charge is -2.32. The highest BCUT2D eigenvalue weighted by Crippen LogP contribution is 2.44. The number of methoxy groups -OCH3 is 1. The minimum atomic E-state index is -0.457. The quantitative estimate of drug-likeness (QED) is 0.567. The highest BCUT2D eigenvalue weighted by atomic mass is 16.6. The number of nitro groups is 1. The summed E-state index contributed by atoms with van der Waals surface area (Å²) in [5.41, 5.74) is 3.01. The number of nitrogens with one attached hydrogen (secondary N) is 1. The molecule has 0 fully saturated rings. The molecule has 1 heterocycles. The standard InChI is InChI=1S/C19H16N2O4/c1-19(2)14-9-11(25-3)5-7-12(14)17(22)16-13-6-4-10(21(23)24)8-15(13)20-18(16)19/h4-9,20H,1-3H3. The molecule has 1 aromatic heterocycles. The van der Waals surface area contributed by atoms with Gasteiger partial charge in [-0.2, -0.15) is 0 Å². The Kier molecular flexibility index (Phi) is 3.03. The molecule has 0 aliphatic heterocycles. The number of H-pyrrole nitrogens is 1. The topological polar surface area (TPSA) is 85.2 Å². The van der Waals surface area contributed by atoms with Crippen LogP contribution in [0.2, 0.25) is 0 Å². The fourth-order valence-corrected chi connectivity index (χ4v) is 3.64. The van der Waals surface area contributed by atoms with Crippen molar-refractivity contribution in [3.05, 3.63) is 68.9 Å². The van der Waals surface area contributed by atoms with Crippen molar-refractivity contribution in [1.82, 2.24) is 4.98 Å². The highest BCUT2D eigenvalue weighted by molar-refractivity contribution is 6.20. The lowest BCUT2D eigenvalue weighted by Crippen LogP contribution is -2.30. The molecule has 1 aliphatic carbocycles. The Morgan fingerprint density at radius 1 is 1.16 bits per heavy atom. The van der Waals surface area contributed by atoms with E-state index in [1.807, 2.05) is 19.9 Å². The predicted octanol–water partition coefficient (Wildman–Crippen LogP) is 3.96. The van der Waals surface area contributed by atoms with E-state index in [0.717, 1.165) is 11.3 Å². The summed E-state index contributed by atoms with van der Waals surface area (Å²) in [6, 6.07) is 9.99. The summed E-state index contributed by atoms with van der Waals surface area (Å²) in [6.07, 6.45) is 0. The number of benzene rings is 2. The van der Waals surface area contributed by atoms with E-state index in [1.54, 1.807) is 25.3 Å². The molecule has 4 rings (SSSR count). The van der Waals surface area contributed by atoms with Gasteiger partial charge < -0.3 is 9.72 Å².